The molecule has 1 saturated carbocycles. The average Bonchev–Trinajstić information content (AvgIpc) is 3.08. The van der Waals surface area contributed by atoms with Crippen LogP contribution in [0.25, 0.3) is 0 Å². The molecular formula is C18H31ClN4O3S. The third-order valence-corrected chi connectivity index (χ3v) is 6.28. The number of amides is 2. The fraction of sp³-hybridized carbons (Fsp3) is 0.778. The lowest BCUT2D eigenvalue weighted by atomic mass is 9.87. The average molecular weight is 419 g/mol. The van der Waals surface area contributed by atoms with Gasteiger partial charge in [-0.3, -0.25) is 14.4 Å². The number of hydrazone groups is 1. The molecule has 2 rings (SSSR count). The SMILES string of the molecule is CCC(C)[C@H](NC(=O)C1CCCCC1)C(=O)C(=O)NN=C1SCCN1C.Cl. The van der Waals surface area contributed by atoms with Crippen LogP contribution in [-0.2, 0) is 14.4 Å². The van der Waals surface area contributed by atoms with Crippen LogP contribution in [0.5, 0.6) is 0 Å². The van der Waals surface area contributed by atoms with E-state index in [1.54, 1.807) is 0 Å². The van der Waals surface area contributed by atoms with Crippen LogP contribution in [0.2, 0.25) is 0 Å². The molecule has 1 aliphatic heterocycles. The molecular weight excluding hydrogens is 388 g/mol. The van der Waals surface area contributed by atoms with Crippen LogP contribution in [0, 0.1) is 11.8 Å². The highest BCUT2D eigenvalue weighted by Gasteiger charge is 2.33. The minimum Gasteiger partial charge on any atom is -0.352 e. The second kappa shape index (κ2) is 11.5. The predicted molar refractivity (Wildman–Crippen MR) is 111 cm³/mol. The number of amidine groups is 1. The van der Waals surface area contributed by atoms with Crippen LogP contribution < -0.4 is 10.7 Å². The maximum atomic E-state index is 12.6. The van der Waals surface area contributed by atoms with Crippen molar-refractivity contribution in [2.45, 2.75) is 58.4 Å². The lowest BCUT2D eigenvalue weighted by molar-refractivity contribution is -0.141. The largest absolute Gasteiger partial charge is 0.352 e. The molecule has 2 aliphatic rings. The Labute approximate surface area is 171 Å². The first-order valence-electron chi connectivity index (χ1n) is 9.50. The van der Waals surface area contributed by atoms with Crippen LogP contribution in [-0.4, -0.2) is 53.1 Å². The first-order chi connectivity index (χ1) is 12.4. The number of rotatable bonds is 7. The zero-order valence-corrected chi connectivity index (χ0v) is 18.0. The fourth-order valence-corrected chi connectivity index (χ4v) is 4.20. The van der Waals surface area contributed by atoms with Gasteiger partial charge in [0.05, 0.1) is 6.04 Å². The summed E-state index contributed by atoms with van der Waals surface area (Å²) >= 11 is 1.53. The standard InChI is InChI=1S/C18H30N4O3S.ClH/c1-4-12(2)14(19-16(24)13-8-6-5-7-9-13)15(23)17(25)20-21-18-22(3)10-11-26-18;/h12-14H,4-11H2,1-3H3,(H,19,24)(H,20,25);1H/t12?,14-;/m0./s1. The van der Waals surface area contributed by atoms with Gasteiger partial charge in [0.1, 0.15) is 0 Å². The number of carbonyl (C=O) groups is 3. The molecule has 7 nitrogen and oxygen atoms in total. The zero-order valence-electron chi connectivity index (χ0n) is 16.3. The zero-order chi connectivity index (χ0) is 19.1. The van der Waals surface area contributed by atoms with Crippen LogP contribution >= 0.6 is 24.2 Å². The van der Waals surface area contributed by atoms with E-state index in [2.05, 4.69) is 15.8 Å². The van der Waals surface area contributed by atoms with Gasteiger partial charge in [-0.15, -0.1) is 17.5 Å². The minimum atomic E-state index is -0.802. The quantitative estimate of drug-likeness (QED) is 0.488. The number of halogens is 1. The number of nitrogens with one attached hydrogen (secondary N) is 2. The molecule has 2 amide bonds. The Morgan fingerprint density at radius 1 is 1.26 bits per heavy atom. The van der Waals surface area contributed by atoms with Crippen LogP contribution in [0.1, 0.15) is 52.4 Å². The highest BCUT2D eigenvalue weighted by Crippen LogP contribution is 2.24. The van der Waals surface area contributed by atoms with Crippen molar-refractivity contribution in [3.63, 3.8) is 0 Å². The van der Waals surface area contributed by atoms with Crippen LogP contribution in [0.3, 0.4) is 0 Å². The summed E-state index contributed by atoms with van der Waals surface area (Å²) in [7, 11) is 1.89. The predicted octanol–water partition coefficient (Wildman–Crippen LogP) is 2.15. The summed E-state index contributed by atoms with van der Waals surface area (Å²) in [6.07, 6.45) is 5.66. The summed E-state index contributed by atoms with van der Waals surface area (Å²) in [5.74, 6) is -0.752. The van der Waals surface area contributed by atoms with Gasteiger partial charge in [0, 0.05) is 25.3 Å². The van der Waals surface area contributed by atoms with Gasteiger partial charge in [-0.1, -0.05) is 51.3 Å². The number of hydrogen-bond donors (Lipinski definition) is 2. The maximum absolute atomic E-state index is 12.6. The third-order valence-electron chi connectivity index (χ3n) is 5.23. The molecule has 2 fully saturated rings. The Balaban J connectivity index is 0.00000364. The molecule has 154 valence electrons. The van der Waals surface area contributed by atoms with Crippen molar-refractivity contribution >= 4 is 46.9 Å². The van der Waals surface area contributed by atoms with E-state index in [9.17, 15) is 14.4 Å². The van der Waals surface area contributed by atoms with Crippen molar-refractivity contribution < 1.29 is 14.4 Å². The smallest absolute Gasteiger partial charge is 0.309 e. The molecule has 0 aromatic rings. The van der Waals surface area contributed by atoms with Crippen LogP contribution in [0.15, 0.2) is 5.10 Å². The van der Waals surface area contributed by atoms with Crippen molar-refractivity contribution in [1.82, 2.24) is 15.6 Å². The molecule has 1 aliphatic carbocycles. The molecule has 2 atom stereocenters. The Morgan fingerprint density at radius 2 is 1.93 bits per heavy atom. The molecule has 2 N–H and O–H groups in total. The lowest BCUT2D eigenvalue weighted by Gasteiger charge is -2.26. The van der Waals surface area contributed by atoms with Gasteiger partial charge in [0.2, 0.25) is 11.7 Å². The van der Waals surface area contributed by atoms with E-state index in [-0.39, 0.29) is 30.2 Å². The Hall–Kier alpha value is -1.28. The summed E-state index contributed by atoms with van der Waals surface area (Å²) < 4.78 is 0. The van der Waals surface area contributed by atoms with E-state index in [0.717, 1.165) is 44.4 Å². The van der Waals surface area contributed by atoms with Crippen molar-refractivity contribution in [3.05, 3.63) is 0 Å². The Kier molecular flexibility index (Phi) is 10.2. The summed E-state index contributed by atoms with van der Waals surface area (Å²) in [5.41, 5.74) is 2.35. The molecule has 1 heterocycles. The van der Waals surface area contributed by atoms with E-state index >= 15 is 0 Å². The van der Waals surface area contributed by atoms with Gasteiger partial charge >= 0.3 is 5.91 Å². The number of Topliss-reactive ketones (excluding diaryl/α,β-unsaturated/α-hetero) is 1. The number of thioether (sulfide) groups is 1. The number of carbonyl (C=O) groups excluding carboxylic acids is 3. The first kappa shape index (κ1) is 23.8. The fourth-order valence-electron chi connectivity index (χ4n) is 3.23. The lowest BCUT2D eigenvalue weighted by Crippen LogP contribution is -2.51. The molecule has 9 heteroatoms. The van der Waals surface area contributed by atoms with Gasteiger partial charge in [-0.25, -0.2) is 5.43 Å². The van der Waals surface area contributed by atoms with E-state index in [1.807, 2.05) is 25.8 Å². The molecule has 0 spiro atoms. The maximum Gasteiger partial charge on any atom is 0.309 e. The van der Waals surface area contributed by atoms with Gasteiger partial charge in [0.25, 0.3) is 0 Å². The number of ketones is 1. The second-order valence-electron chi connectivity index (χ2n) is 7.18. The first-order valence-corrected chi connectivity index (χ1v) is 10.5. The molecule has 0 radical (unpaired) electrons. The van der Waals surface area contributed by atoms with E-state index in [4.69, 9.17) is 0 Å². The monoisotopic (exact) mass is 418 g/mol. The molecule has 1 saturated heterocycles. The highest BCUT2D eigenvalue weighted by molar-refractivity contribution is 8.14. The van der Waals surface area contributed by atoms with E-state index < -0.39 is 17.7 Å². The summed E-state index contributed by atoms with van der Waals surface area (Å²) in [6, 6.07) is -0.802. The summed E-state index contributed by atoms with van der Waals surface area (Å²) in [5, 5.41) is 7.57. The minimum absolute atomic E-state index is 0. The molecule has 0 aromatic heterocycles. The normalized spacial score (nSPS) is 21.3. The molecule has 1 unspecified atom stereocenters. The molecule has 0 aromatic carbocycles. The second-order valence-corrected chi connectivity index (χ2v) is 8.24. The number of nitrogens with zero attached hydrogens (tertiary/aromatic N) is 2. The third kappa shape index (κ3) is 6.68. The van der Waals surface area contributed by atoms with Crippen molar-refractivity contribution in [1.29, 1.82) is 0 Å². The van der Waals surface area contributed by atoms with Gasteiger partial charge in [-0.2, -0.15) is 0 Å². The summed E-state index contributed by atoms with van der Waals surface area (Å²) in [4.78, 5) is 39.4. The number of hydrogen-bond acceptors (Lipinski definition) is 5. The summed E-state index contributed by atoms with van der Waals surface area (Å²) in [6.45, 7) is 4.68. The van der Waals surface area contributed by atoms with E-state index in [1.165, 1.54) is 11.8 Å². The topological polar surface area (TPSA) is 90.9 Å². The van der Waals surface area contributed by atoms with Gasteiger partial charge < -0.3 is 10.2 Å². The molecule has 0 bridgehead atoms. The Morgan fingerprint density at radius 3 is 2.48 bits per heavy atom. The van der Waals surface area contributed by atoms with Crippen LogP contribution in [0.4, 0.5) is 0 Å². The van der Waals surface area contributed by atoms with Gasteiger partial charge in [0.15, 0.2) is 5.17 Å². The van der Waals surface area contributed by atoms with Crippen molar-refractivity contribution in [2.75, 3.05) is 19.3 Å². The molecule has 27 heavy (non-hydrogen) atoms. The van der Waals surface area contributed by atoms with Gasteiger partial charge in [-0.05, 0) is 18.8 Å². The van der Waals surface area contributed by atoms with Crippen molar-refractivity contribution in [2.24, 2.45) is 16.9 Å². The Bertz CT molecular complexity index is 567. The highest BCUT2D eigenvalue weighted by atomic mass is 35.5. The van der Waals surface area contributed by atoms with E-state index in [0.29, 0.717) is 11.6 Å². The van der Waals surface area contributed by atoms with Crippen molar-refractivity contribution in [3.8, 4) is 0 Å².